The molecule has 7 nitrogen and oxygen atoms in total. The van der Waals surface area contributed by atoms with Crippen LogP contribution in [0.5, 0.6) is 0 Å². The molecule has 0 aliphatic heterocycles. The Morgan fingerprint density at radius 3 is 2.36 bits per heavy atom. The molecule has 4 amide bonds. The van der Waals surface area contributed by atoms with Crippen molar-refractivity contribution in [2.24, 2.45) is 0 Å². The van der Waals surface area contributed by atoms with E-state index in [1.54, 1.807) is 38.2 Å². The van der Waals surface area contributed by atoms with E-state index in [2.05, 4.69) is 16.0 Å². The Kier molecular flexibility index (Phi) is 7.38. The number of nitrogens with zero attached hydrogens (tertiary/aromatic N) is 1. The number of imide groups is 1. The Labute approximate surface area is 153 Å². The van der Waals surface area contributed by atoms with Crippen LogP contribution in [0.3, 0.4) is 0 Å². The molecule has 0 aliphatic rings. The SMILES string of the molecule is CC(C(=O)NC(=O)NC(C)(C)C)N(C)CC(=O)Nc1ccccc1Cl. The van der Waals surface area contributed by atoms with Gasteiger partial charge in [0.05, 0.1) is 23.3 Å². The molecule has 0 heterocycles. The second-order valence-corrected chi connectivity index (χ2v) is 7.22. The zero-order chi connectivity index (χ0) is 19.2. The minimum Gasteiger partial charge on any atom is -0.333 e. The van der Waals surface area contributed by atoms with E-state index in [1.165, 1.54) is 4.90 Å². The summed E-state index contributed by atoms with van der Waals surface area (Å²) in [5.74, 6) is -0.802. The second kappa shape index (κ2) is 8.82. The van der Waals surface area contributed by atoms with Crippen LogP contribution in [-0.2, 0) is 9.59 Å². The van der Waals surface area contributed by atoms with Crippen LogP contribution in [-0.4, -0.2) is 47.9 Å². The third kappa shape index (κ3) is 7.53. The van der Waals surface area contributed by atoms with Crippen LogP contribution in [0.4, 0.5) is 10.5 Å². The van der Waals surface area contributed by atoms with Crippen LogP contribution in [0.25, 0.3) is 0 Å². The van der Waals surface area contributed by atoms with Crippen LogP contribution < -0.4 is 16.0 Å². The minimum absolute atomic E-state index is 0.0271. The third-order valence-electron chi connectivity index (χ3n) is 3.31. The first-order valence-corrected chi connectivity index (χ1v) is 8.25. The molecule has 0 saturated carbocycles. The van der Waals surface area contributed by atoms with E-state index in [0.29, 0.717) is 10.7 Å². The summed E-state index contributed by atoms with van der Waals surface area (Å²) in [4.78, 5) is 37.5. The maximum atomic E-state index is 12.1. The van der Waals surface area contributed by atoms with Gasteiger partial charge in [-0.05, 0) is 46.9 Å². The predicted molar refractivity (Wildman–Crippen MR) is 98.6 cm³/mol. The topological polar surface area (TPSA) is 90.5 Å². The Morgan fingerprint density at radius 1 is 1.20 bits per heavy atom. The lowest BCUT2D eigenvalue weighted by Crippen LogP contribution is -2.53. The fourth-order valence-electron chi connectivity index (χ4n) is 1.90. The molecule has 0 saturated heterocycles. The molecular formula is C17H25ClN4O3. The van der Waals surface area contributed by atoms with Gasteiger partial charge >= 0.3 is 6.03 Å². The highest BCUT2D eigenvalue weighted by Gasteiger charge is 2.23. The van der Waals surface area contributed by atoms with Crippen LogP contribution >= 0.6 is 11.6 Å². The number of halogens is 1. The summed E-state index contributed by atoms with van der Waals surface area (Å²) in [7, 11) is 1.62. The molecule has 3 N–H and O–H groups in total. The van der Waals surface area contributed by atoms with Crippen LogP contribution in [0.15, 0.2) is 24.3 Å². The summed E-state index contributed by atoms with van der Waals surface area (Å²) < 4.78 is 0. The van der Waals surface area contributed by atoms with Crippen molar-refractivity contribution < 1.29 is 14.4 Å². The number of urea groups is 1. The van der Waals surface area contributed by atoms with Crippen molar-refractivity contribution in [3.05, 3.63) is 29.3 Å². The van der Waals surface area contributed by atoms with Gasteiger partial charge in [0.2, 0.25) is 11.8 Å². The van der Waals surface area contributed by atoms with Gasteiger partial charge in [-0.15, -0.1) is 0 Å². The van der Waals surface area contributed by atoms with Crippen LogP contribution in [0.1, 0.15) is 27.7 Å². The van der Waals surface area contributed by atoms with E-state index in [0.717, 1.165) is 0 Å². The molecule has 1 unspecified atom stereocenters. The zero-order valence-electron chi connectivity index (χ0n) is 15.1. The van der Waals surface area contributed by atoms with Crippen LogP contribution in [0, 0.1) is 0 Å². The largest absolute Gasteiger partial charge is 0.333 e. The van der Waals surface area contributed by atoms with Crippen molar-refractivity contribution >= 4 is 35.1 Å². The fraction of sp³-hybridized carbons (Fsp3) is 0.471. The Bertz CT molecular complexity index is 643. The maximum absolute atomic E-state index is 12.1. The minimum atomic E-state index is -0.664. The maximum Gasteiger partial charge on any atom is 0.321 e. The average Bonchev–Trinajstić information content (AvgIpc) is 2.46. The normalized spacial score (nSPS) is 12.4. The van der Waals surface area contributed by atoms with Gasteiger partial charge in [-0.3, -0.25) is 19.8 Å². The van der Waals surface area contributed by atoms with Gasteiger partial charge in [0.1, 0.15) is 0 Å². The first-order chi connectivity index (χ1) is 11.5. The highest BCUT2D eigenvalue weighted by atomic mass is 35.5. The first-order valence-electron chi connectivity index (χ1n) is 7.87. The standard InChI is InChI=1S/C17H25ClN4O3/c1-11(15(24)20-16(25)21-17(2,3)4)22(5)10-14(23)19-13-9-7-6-8-12(13)18/h6-9,11H,10H2,1-5H3,(H,19,23)(H2,20,21,24,25). The number of hydrogen-bond donors (Lipinski definition) is 3. The quantitative estimate of drug-likeness (QED) is 0.743. The number of carbonyl (C=O) groups is 3. The van der Waals surface area contributed by atoms with Crippen molar-refractivity contribution in [2.45, 2.75) is 39.3 Å². The molecule has 25 heavy (non-hydrogen) atoms. The van der Waals surface area contributed by atoms with Crippen molar-refractivity contribution in [3.63, 3.8) is 0 Å². The second-order valence-electron chi connectivity index (χ2n) is 6.81. The van der Waals surface area contributed by atoms with Crippen molar-refractivity contribution in [1.82, 2.24) is 15.5 Å². The van der Waals surface area contributed by atoms with Gasteiger partial charge in [0, 0.05) is 5.54 Å². The van der Waals surface area contributed by atoms with E-state index in [1.807, 2.05) is 20.8 Å². The monoisotopic (exact) mass is 368 g/mol. The summed E-state index contributed by atoms with van der Waals surface area (Å²) in [6.45, 7) is 7.02. The molecule has 0 aromatic heterocycles. The molecule has 1 aromatic carbocycles. The number of benzene rings is 1. The fourth-order valence-corrected chi connectivity index (χ4v) is 2.09. The highest BCUT2D eigenvalue weighted by Crippen LogP contribution is 2.20. The number of nitrogens with one attached hydrogen (secondary N) is 3. The lowest BCUT2D eigenvalue weighted by molar-refractivity contribution is -0.125. The van der Waals surface area contributed by atoms with E-state index in [9.17, 15) is 14.4 Å². The van der Waals surface area contributed by atoms with E-state index in [-0.39, 0.29) is 12.5 Å². The summed E-state index contributed by atoms with van der Waals surface area (Å²) in [6, 6.07) is 5.65. The lowest BCUT2D eigenvalue weighted by atomic mass is 10.1. The van der Waals surface area contributed by atoms with Crippen molar-refractivity contribution in [2.75, 3.05) is 18.9 Å². The van der Waals surface area contributed by atoms with E-state index >= 15 is 0 Å². The molecule has 0 radical (unpaired) electrons. The Hall–Kier alpha value is -2.12. The highest BCUT2D eigenvalue weighted by molar-refractivity contribution is 6.33. The zero-order valence-corrected chi connectivity index (χ0v) is 15.9. The van der Waals surface area contributed by atoms with Gasteiger partial charge in [-0.2, -0.15) is 0 Å². The van der Waals surface area contributed by atoms with E-state index < -0.39 is 23.5 Å². The number of amides is 4. The van der Waals surface area contributed by atoms with Gasteiger partial charge in [0.25, 0.3) is 0 Å². The average molecular weight is 369 g/mol. The van der Waals surface area contributed by atoms with Crippen molar-refractivity contribution in [1.29, 1.82) is 0 Å². The number of carbonyl (C=O) groups excluding carboxylic acids is 3. The van der Waals surface area contributed by atoms with Gasteiger partial charge in [-0.25, -0.2) is 4.79 Å². The molecular weight excluding hydrogens is 344 g/mol. The van der Waals surface area contributed by atoms with Gasteiger partial charge in [-0.1, -0.05) is 23.7 Å². The molecule has 1 atom stereocenters. The van der Waals surface area contributed by atoms with Crippen molar-refractivity contribution in [3.8, 4) is 0 Å². The number of likely N-dealkylation sites (N-methyl/N-ethyl adjacent to an activating group) is 1. The summed E-state index contributed by atoms with van der Waals surface area (Å²) in [5, 5.41) is 8.02. The Balaban J connectivity index is 2.54. The lowest BCUT2D eigenvalue weighted by Gasteiger charge is -2.25. The molecule has 0 aliphatic carbocycles. The number of para-hydroxylation sites is 1. The summed E-state index contributed by atoms with van der Waals surface area (Å²) >= 11 is 5.99. The molecule has 138 valence electrons. The molecule has 1 rings (SSSR count). The molecule has 0 spiro atoms. The molecule has 0 bridgehead atoms. The van der Waals surface area contributed by atoms with Crippen LogP contribution in [0.2, 0.25) is 5.02 Å². The number of hydrogen-bond acceptors (Lipinski definition) is 4. The third-order valence-corrected chi connectivity index (χ3v) is 3.64. The smallest absolute Gasteiger partial charge is 0.321 e. The summed E-state index contributed by atoms with van der Waals surface area (Å²) in [5.41, 5.74) is 0.0539. The van der Waals surface area contributed by atoms with E-state index in [4.69, 9.17) is 11.6 Å². The number of anilines is 1. The molecule has 0 fully saturated rings. The first kappa shape index (κ1) is 20.9. The molecule has 1 aromatic rings. The van der Waals surface area contributed by atoms with Gasteiger partial charge in [0.15, 0.2) is 0 Å². The molecule has 8 heteroatoms. The Morgan fingerprint density at radius 2 is 1.80 bits per heavy atom. The summed E-state index contributed by atoms with van der Waals surface area (Å²) in [6.07, 6.45) is 0. The van der Waals surface area contributed by atoms with Gasteiger partial charge < -0.3 is 10.6 Å². The number of rotatable bonds is 5. The predicted octanol–water partition coefficient (Wildman–Crippen LogP) is 2.22.